The fraction of sp³-hybridized carbons (Fsp3) is 0. The lowest BCUT2D eigenvalue weighted by atomic mass is 10.0. The first-order chi connectivity index (χ1) is 14.1. The fourth-order valence-electron chi connectivity index (χ4n) is 2.71. The van der Waals surface area contributed by atoms with Crippen molar-refractivity contribution in [3.05, 3.63) is 77.2 Å². The van der Waals surface area contributed by atoms with Crippen molar-refractivity contribution in [3.8, 4) is 39.4 Å². The minimum Gasteiger partial charge on any atom is -0.477 e. The summed E-state index contributed by atoms with van der Waals surface area (Å²) >= 11 is 1.28. The molecule has 0 radical (unpaired) electrons. The van der Waals surface area contributed by atoms with Gasteiger partial charge in [0.25, 0.3) is 5.89 Å². The second-order valence-electron chi connectivity index (χ2n) is 6.04. The Morgan fingerprint density at radius 2 is 1.69 bits per heavy atom. The number of carboxylic acid groups (broad SMARTS) is 1. The first-order valence-electron chi connectivity index (χ1n) is 8.59. The predicted molar refractivity (Wildman–Crippen MR) is 110 cm³/mol. The van der Waals surface area contributed by atoms with Crippen molar-refractivity contribution < 1.29 is 14.4 Å². The summed E-state index contributed by atoms with van der Waals surface area (Å²) in [5.74, 6) is -0.456. The van der Waals surface area contributed by atoms with Gasteiger partial charge in [-0.15, -0.1) is 11.3 Å². The van der Waals surface area contributed by atoms with E-state index in [0.717, 1.165) is 21.6 Å². The molecule has 0 saturated heterocycles. The van der Waals surface area contributed by atoms with Crippen LogP contribution in [0.4, 0.5) is 0 Å². The number of aliphatic carboxylic acids is 1. The molecule has 0 aliphatic rings. The molecule has 0 bridgehead atoms. The average Bonchev–Trinajstić information content (AvgIpc) is 3.42. The maximum absolute atomic E-state index is 11.0. The van der Waals surface area contributed by atoms with Crippen LogP contribution in [0.3, 0.4) is 0 Å². The molecule has 140 valence electrons. The van der Waals surface area contributed by atoms with Crippen LogP contribution in [0.25, 0.3) is 39.4 Å². The van der Waals surface area contributed by atoms with Crippen LogP contribution in [0.1, 0.15) is 4.88 Å². The zero-order valence-electron chi connectivity index (χ0n) is 14.9. The summed E-state index contributed by atoms with van der Waals surface area (Å²) in [5.41, 5.74) is 2.70. The number of benzene rings is 2. The number of nitriles is 1. The quantitative estimate of drug-likeness (QED) is 0.369. The summed E-state index contributed by atoms with van der Waals surface area (Å²) in [6, 6.07) is 23.0. The van der Waals surface area contributed by atoms with E-state index in [1.807, 2.05) is 54.6 Å². The van der Waals surface area contributed by atoms with Crippen LogP contribution in [0.5, 0.6) is 0 Å². The zero-order chi connectivity index (χ0) is 20.2. The lowest BCUT2D eigenvalue weighted by Gasteiger charge is -2.01. The Bertz CT molecular complexity index is 1230. The van der Waals surface area contributed by atoms with E-state index in [0.29, 0.717) is 16.6 Å². The lowest BCUT2D eigenvalue weighted by molar-refractivity contribution is -0.132. The van der Waals surface area contributed by atoms with Crippen molar-refractivity contribution in [1.82, 2.24) is 10.1 Å². The van der Waals surface area contributed by atoms with Crippen molar-refractivity contribution >= 4 is 23.4 Å². The van der Waals surface area contributed by atoms with Gasteiger partial charge in [0.2, 0.25) is 5.82 Å². The molecule has 4 rings (SSSR count). The summed E-state index contributed by atoms with van der Waals surface area (Å²) in [5, 5.41) is 21.8. The van der Waals surface area contributed by atoms with E-state index in [1.165, 1.54) is 17.4 Å². The Morgan fingerprint density at radius 3 is 2.38 bits per heavy atom. The zero-order valence-corrected chi connectivity index (χ0v) is 15.8. The molecule has 6 nitrogen and oxygen atoms in total. The molecule has 0 saturated carbocycles. The van der Waals surface area contributed by atoms with Gasteiger partial charge >= 0.3 is 5.97 Å². The van der Waals surface area contributed by atoms with Gasteiger partial charge in [-0.25, -0.2) is 4.79 Å². The van der Waals surface area contributed by atoms with Crippen molar-refractivity contribution in [1.29, 1.82) is 5.26 Å². The number of rotatable bonds is 5. The molecule has 0 spiro atoms. The van der Waals surface area contributed by atoms with E-state index in [2.05, 4.69) is 10.1 Å². The molecule has 2 aromatic carbocycles. The summed E-state index contributed by atoms with van der Waals surface area (Å²) < 4.78 is 5.38. The molecular weight excluding hydrogens is 386 g/mol. The molecule has 2 heterocycles. The topological polar surface area (TPSA) is 100 Å². The van der Waals surface area contributed by atoms with Crippen molar-refractivity contribution in [2.75, 3.05) is 0 Å². The van der Waals surface area contributed by atoms with Crippen LogP contribution in [0.2, 0.25) is 0 Å². The smallest absolute Gasteiger partial charge is 0.346 e. The number of thiophene rings is 1. The van der Waals surface area contributed by atoms with E-state index in [1.54, 1.807) is 18.2 Å². The van der Waals surface area contributed by atoms with Crippen LogP contribution in [-0.4, -0.2) is 21.2 Å². The number of carbonyl (C=O) groups is 1. The maximum atomic E-state index is 11.0. The van der Waals surface area contributed by atoms with E-state index < -0.39 is 5.97 Å². The Morgan fingerprint density at radius 1 is 1.00 bits per heavy atom. The molecule has 1 N–H and O–H groups in total. The van der Waals surface area contributed by atoms with Crippen LogP contribution in [-0.2, 0) is 4.79 Å². The normalized spacial score (nSPS) is 11.2. The Balaban J connectivity index is 1.56. The van der Waals surface area contributed by atoms with E-state index in [4.69, 9.17) is 14.9 Å². The monoisotopic (exact) mass is 399 g/mol. The van der Waals surface area contributed by atoms with Gasteiger partial charge in [-0.3, -0.25) is 0 Å². The summed E-state index contributed by atoms with van der Waals surface area (Å²) in [6.07, 6.45) is 1.32. The van der Waals surface area contributed by atoms with Gasteiger partial charge in [0.1, 0.15) is 11.6 Å². The highest BCUT2D eigenvalue weighted by atomic mass is 32.1. The van der Waals surface area contributed by atoms with Crippen LogP contribution >= 0.6 is 11.3 Å². The third-order valence-electron chi connectivity index (χ3n) is 4.15. The highest BCUT2D eigenvalue weighted by Gasteiger charge is 2.13. The van der Waals surface area contributed by atoms with Crippen LogP contribution in [0, 0.1) is 11.3 Å². The Labute approximate surface area is 170 Å². The SMILES string of the molecule is N#C/C(=C\c1ccc(-c2noc(-c3ccc(-c4ccccc4)cc3)n2)s1)C(=O)O. The lowest BCUT2D eigenvalue weighted by Crippen LogP contribution is -1.96. The minimum atomic E-state index is -1.26. The summed E-state index contributed by atoms with van der Waals surface area (Å²) in [7, 11) is 0. The summed E-state index contributed by atoms with van der Waals surface area (Å²) in [6.45, 7) is 0. The van der Waals surface area contributed by atoms with Crippen molar-refractivity contribution in [2.45, 2.75) is 0 Å². The molecule has 0 unspecified atom stereocenters. The van der Waals surface area contributed by atoms with E-state index in [-0.39, 0.29) is 5.57 Å². The Hall–Kier alpha value is -4.02. The molecule has 0 fully saturated rings. The standard InChI is InChI=1S/C22H13N3O3S/c23-13-17(22(26)27)12-18-10-11-19(29-18)20-24-21(28-25-20)16-8-6-15(7-9-16)14-4-2-1-3-5-14/h1-12H,(H,26,27)/b17-12+. The third-order valence-corrected chi connectivity index (χ3v) is 5.18. The highest BCUT2D eigenvalue weighted by Crippen LogP contribution is 2.30. The molecule has 0 atom stereocenters. The van der Waals surface area contributed by atoms with E-state index in [9.17, 15) is 4.79 Å². The molecule has 2 aromatic heterocycles. The second kappa shape index (κ2) is 7.92. The average molecular weight is 399 g/mol. The summed E-state index contributed by atoms with van der Waals surface area (Å²) in [4.78, 5) is 16.7. The molecular formula is C22H13N3O3S. The van der Waals surface area contributed by atoms with Gasteiger partial charge in [-0.05, 0) is 41.5 Å². The Kier molecular flexibility index (Phi) is 5.01. The van der Waals surface area contributed by atoms with Crippen LogP contribution < -0.4 is 0 Å². The molecule has 7 heteroatoms. The van der Waals surface area contributed by atoms with Gasteiger partial charge in [-0.1, -0.05) is 47.6 Å². The van der Waals surface area contributed by atoms with Gasteiger partial charge in [0, 0.05) is 10.4 Å². The van der Waals surface area contributed by atoms with Crippen molar-refractivity contribution in [3.63, 3.8) is 0 Å². The molecule has 29 heavy (non-hydrogen) atoms. The second-order valence-corrected chi connectivity index (χ2v) is 7.16. The first kappa shape index (κ1) is 18.3. The number of aromatic nitrogens is 2. The largest absolute Gasteiger partial charge is 0.477 e. The molecule has 4 aromatic rings. The van der Waals surface area contributed by atoms with E-state index >= 15 is 0 Å². The minimum absolute atomic E-state index is 0.328. The first-order valence-corrected chi connectivity index (χ1v) is 9.40. The fourth-order valence-corrected chi connectivity index (χ4v) is 3.59. The van der Waals surface area contributed by atoms with Crippen LogP contribution in [0.15, 0.2) is 76.8 Å². The number of nitrogens with zero attached hydrogens (tertiary/aromatic N) is 3. The number of carboxylic acids is 1. The number of hydrogen-bond acceptors (Lipinski definition) is 6. The molecule has 0 amide bonds. The molecule has 0 aliphatic heterocycles. The maximum Gasteiger partial charge on any atom is 0.346 e. The van der Waals surface area contributed by atoms with Gasteiger partial charge in [-0.2, -0.15) is 10.2 Å². The molecule has 0 aliphatic carbocycles. The number of hydrogen-bond donors (Lipinski definition) is 1. The predicted octanol–water partition coefficient (Wildman–Crippen LogP) is 5.12. The third kappa shape index (κ3) is 3.98. The van der Waals surface area contributed by atoms with Gasteiger partial charge in [0.15, 0.2) is 0 Å². The van der Waals surface area contributed by atoms with Gasteiger partial charge in [0.05, 0.1) is 4.88 Å². The highest BCUT2D eigenvalue weighted by molar-refractivity contribution is 7.16. The van der Waals surface area contributed by atoms with Gasteiger partial charge < -0.3 is 9.63 Å². The van der Waals surface area contributed by atoms with Crippen molar-refractivity contribution in [2.24, 2.45) is 0 Å².